The third-order valence-electron chi connectivity index (χ3n) is 2.94. The topological polar surface area (TPSA) is 39.7 Å². The van der Waals surface area contributed by atoms with E-state index in [1.54, 1.807) is 21.3 Å². The van der Waals surface area contributed by atoms with Crippen LogP contribution in [0.25, 0.3) is 0 Å². The molecule has 0 aliphatic carbocycles. The van der Waals surface area contributed by atoms with Crippen molar-refractivity contribution in [3.05, 3.63) is 17.7 Å². The summed E-state index contributed by atoms with van der Waals surface area (Å²) in [5.41, 5.74) is 1.02. The largest absolute Gasteiger partial charge is 0.493 e. The number of hydrogen-bond donors (Lipinski definition) is 1. The van der Waals surface area contributed by atoms with Crippen molar-refractivity contribution in [2.75, 3.05) is 21.3 Å². The summed E-state index contributed by atoms with van der Waals surface area (Å²) in [6.45, 7) is 3.98. The zero-order chi connectivity index (χ0) is 14.4. The third kappa shape index (κ3) is 3.55. The smallest absolute Gasteiger partial charge is 0.203 e. The first-order valence-electron chi connectivity index (χ1n) is 6.09. The van der Waals surface area contributed by atoms with Gasteiger partial charge in [0.2, 0.25) is 5.75 Å². The van der Waals surface area contributed by atoms with Gasteiger partial charge in [0.05, 0.1) is 27.4 Å². The quantitative estimate of drug-likeness (QED) is 0.800. The van der Waals surface area contributed by atoms with Gasteiger partial charge in [-0.05, 0) is 31.5 Å². The monoisotopic (exact) mass is 263 g/mol. The van der Waals surface area contributed by atoms with E-state index in [4.69, 9.17) is 20.6 Å². The lowest BCUT2D eigenvalue weighted by atomic mass is 10.1. The van der Waals surface area contributed by atoms with Crippen LogP contribution in [0.5, 0.6) is 17.2 Å². The highest BCUT2D eigenvalue weighted by atomic mass is 16.5. The summed E-state index contributed by atoms with van der Waals surface area (Å²) in [6, 6.07) is 3.92. The molecule has 0 spiro atoms. The van der Waals surface area contributed by atoms with Gasteiger partial charge < -0.3 is 14.2 Å². The van der Waals surface area contributed by atoms with Gasteiger partial charge in [0.15, 0.2) is 11.5 Å². The third-order valence-corrected chi connectivity index (χ3v) is 2.94. The van der Waals surface area contributed by atoms with E-state index >= 15 is 0 Å². The fraction of sp³-hybridized carbons (Fsp3) is 0.467. The summed E-state index contributed by atoms with van der Waals surface area (Å²) in [6.07, 6.45) is 5.37. The Morgan fingerprint density at radius 1 is 1.05 bits per heavy atom. The first-order valence-corrected chi connectivity index (χ1v) is 6.09. The normalized spacial score (nSPS) is 13.3. The molecule has 2 unspecified atom stereocenters. The van der Waals surface area contributed by atoms with Gasteiger partial charge in [0.1, 0.15) is 0 Å². The summed E-state index contributed by atoms with van der Waals surface area (Å²) >= 11 is 0. The maximum Gasteiger partial charge on any atom is 0.203 e. The maximum atomic E-state index is 5.37. The minimum absolute atomic E-state index is 0.00547. The molecule has 1 aromatic rings. The molecule has 19 heavy (non-hydrogen) atoms. The first-order chi connectivity index (χ1) is 9.07. The van der Waals surface area contributed by atoms with Gasteiger partial charge in [-0.25, -0.2) is 0 Å². The van der Waals surface area contributed by atoms with Gasteiger partial charge >= 0.3 is 0 Å². The van der Waals surface area contributed by atoms with E-state index < -0.39 is 0 Å². The summed E-state index contributed by atoms with van der Waals surface area (Å²) in [5.74, 6) is 4.51. The Hall–Kier alpha value is -1.86. The van der Waals surface area contributed by atoms with Crippen molar-refractivity contribution in [3.8, 4) is 29.6 Å². The Morgan fingerprint density at radius 3 is 1.95 bits per heavy atom. The molecule has 0 heterocycles. The molecule has 4 heteroatoms. The van der Waals surface area contributed by atoms with Crippen LogP contribution in [-0.4, -0.2) is 27.4 Å². The van der Waals surface area contributed by atoms with Crippen LogP contribution in [0.1, 0.15) is 25.5 Å². The Morgan fingerprint density at radius 2 is 1.58 bits per heavy atom. The molecule has 0 saturated carbocycles. The summed E-state index contributed by atoms with van der Waals surface area (Å²) in [4.78, 5) is 0. The molecule has 1 rings (SSSR count). The molecule has 1 aromatic carbocycles. The highest BCUT2D eigenvalue weighted by Gasteiger charge is 2.16. The van der Waals surface area contributed by atoms with Crippen LogP contribution < -0.4 is 19.5 Å². The Bertz CT molecular complexity index is 440. The molecule has 0 bridgehead atoms. The lowest BCUT2D eigenvalue weighted by Crippen LogP contribution is -2.27. The zero-order valence-corrected chi connectivity index (χ0v) is 12.1. The number of hydrogen-bond acceptors (Lipinski definition) is 4. The highest BCUT2D eigenvalue weighted by Crippen LogP contribution is 2.39. The predicted molar refractivity (Wildman–Crippen MR) is 75.9 cm³/mol. The summed E-state index contributed by atoms with van der Waals surface area (Å²) < 4.78 is 15.9. The van der Waals surface area contributed by atoms with Gasteiger partial charge in [0.25, 0.3) is 0 Å². The second-order valence-corrected chi connectivity index (χ2v) is 4.24. The molecule has 4 nitrogen and oxygen atoms in total. The van der Waals surface area contributed by atoms with Crippen molar-refractivity contribution in [3.63, 3.8) is 0 Å². The molecular weight excluding hydrogens is 242 g/mol. The SMILES string of the molecule is C#CC(C)NC(C)c1cc(OC)c(OC)c(OC)c1. The zero-order valence-electron chi connectivity index (χ0n) is 12.1. The minimum Gasteiger partial charge on any atom is -0.493 e. The van der Waals surface area contributed by atoms with Crippen LogP contribution in [0.2, 0.25) is 0 Å². The molecule has 0 radical (unpaired) electrons. The van der Waals surface area contributed by atoms with Crippen molar-refractivity contribution in [2.24, 2.45) is 0 Å². The minimum atomic E-state index is -0.00547. The van der Waals surface area contributed by atoms with Crippen LogP contribution in [-0.2, 0) is 0 Å². The molecule has 0 aliphatic rings. The fourth-order valence-electron chi connectivity index (χ4n) is 1.87. The van der Waals surface area contributed by atoms with Crippen molar-refractivity contribution in [1.82, 2.24) is 5.32 Å². The molecular formula is C15H21NO3. The number of benzene rings is 1. The second kappa shape index (κ2) is 6.91. The van der Waals surface area contributed by atoms with Crippen LogP contribution in [0.15, 0.2) is 12.1 Å². The van der Waals surface area contributed by atoms with E-state index in [-0.39, 0.29) is 12.1 Å². The molecule has 0 amide bonds. The van der Waals surface area contributed by atoms with E-state index in [0.29, 0.717) is 17.2 Å². The van der Waals surface area contributed by atoms with Gasteiger partial charge in [0, 0.05) is 6.04 Å². The Labute approximate surface area is 115 Å². The van der Waals surface area contributed by atoms with Crippen LogP contribution in [0.4, 0.5) is 0 Å². The average Bonchev–Trinajstić information content (AvgIpc) is 2.44. The van der Waals surface area contributed by atoms with E-state index in [0.717, 1.165) is 5.56 Å². The Balaban J connectivity index is 3.12. The van der Waals surface area contributed by atoms with E-state index in [1.807, 2.05) is 26.0 Å². The number of rotatable bonds is 6. The number of terminal acetylenes is 1. The fourth-order valence-corrected chi connectivity index (χ4v) is 1.87. The maximum absolute atomic E-state index is 5.37. The van der Waals surface area contributed by atoms with Gasteiger partial charge in [-0.2, -0.15) is 0 Å². The van der Waals surface area contributed by atoms with Crippen molar-refractivity contribution < 1.29 is 14.2 Å². The average molecular weight is 263 g/mol. The standard InChI is InChI=1S/C15H21NO3/c1-7-10(2)16-11(3)12-8-13(17-4)15(19-6)14(9-12)18-5/h1,8-11,16H,2-6H3. The van der Waals surface area contributed by atoms with E-state index in [2.05, 4.69) is 11.2 Å². The van der Waals surface area contributed by atoms with Crippen molar-refractivity contribution in [2.45, 2.75) is 25.9 Å². The lowest BCUT2D eigenvalue weighted by Gasteiger charge is -2.20. The molecule has 0 aliphatic heterocycles. The van der Waals surface area contributed by atoms with E-state index in [1.165, 1.54) is 0 Å². The number of methoxy groups -OCH3 is 3. The van der Waals surface area contributed by atoms with E-state index in [9.17, 15) is 0 Å². The molecule has 0 fully saturated rings. The molecule has 104 valence electrons. The molecule has 0 saturated heterocycles. The van der Waals surface area contributed by atoms with Gasteiger partial charge in [-0.15, -0.1) is 6.42 Å². The predicted octanol–water partition coefficient (Wildman–Crippen LogP) is 2.38. The Kier molecular flexibility index (Phi) is 5.53. The van der Waals surface area contributed by atoms with Gasteiger partial charge in [-0.3, -0.25) is 5.32 Å². The lowest BCUT2D eigenvalue weighted by molar-refractivity contribution is 0.323. The van der Waals surface area contributed by atoms with Gasteiger partial charge in [-0.1, -0.05) is 5.92 Å². The van der Waals surface area contributed by atoms with Crippen molar-refractivity contribution >= 4 is 0 Å². The molecule has 0 aromatic heterocycles. The first kappa shape index (κ1) is 15.2. The number of nitrogens with one attached hydrogen (secondary N) is 1. The highest BCUT2D eigenvalue weighted by molar-refractivity contribution is 5.54. The van der Waals surface area contributed by atoms with Crippen LogP contribution in [0.3, 0.4) is 0 Å². The molecule has 2 atom stereocenters. The van der Waals surface area contributed by atoms with Crippen molar-refractivity contribution in [1.29, 1.82) is 0 Å². The molecule has 1 N–H and O–H groups in total. The summed E-state index contributed by atoms with van der Waals surface area (Å²) in [7, 11) is 4.79. The van der Waals surface area contributed by atoms with Crippen LogP contribution >= 0.6 is 0 Å². The second-order valence-electron chi connectivity index (χ2n) is 4.24. The van der Waals surface area contributed by atoms with Crippen LogP contribution in [0, 0.1) is 12.3 Å². The number of ether oxygens (including phenoxy) is 3. The summed E-state index contributed by atoms with van der Waals surface area (Å²) in [5, 5.41) is 3.30.